The second kappa shape index (κ2) is 4.27. The van der Waals surface area contributed by atoms with Crippen LogP contribution in [0.2, 0.25) is 0 Å². The van der Waals surface area contributed by atoms with E-state index in [9.17, 15) is 28.4 Å². The molecule has 0 unspecified atom stereocenters. The van der Waals surface area contributed by atoms with Crippen LogP contribution in [0.4, 0.5) is 5.69 Å². The molecule has 8 heteroatoms. The van der Waals surface area contributed by atoms with E-state index in [1.165, 1.54) is 0 Å². The van der Waals surface area contributed by atoms with Crippen molar-refractivity contribution in [1.29, 1.82) is 0 Å². The number of aliphatic carboxylic acids is 1. The highest BCUT2D eigenvalue weighted by molar-refractivity contribution is 7.92. The van der Waals surface area contributed by atoms with Gasteiger partial charge in [0, 0.05) is 12.1 Å². The van der Waals surface area contributed by atoms with Crippen molar-refractivity contribution in [1.82, 2.24) is 0 Å². The summed E-state index contributed by atoms with van der Waals surface area (Å²) in [5, 5.41) is 20.5. The van der Waals surface area contributed by atoms with Crippen molar-refractivity contribution in [3.8, 4) is 0 Å². The smallest absolute Gasteiger partial charge is 0.269 e. The van der Waals surface area contributed by atoms with Crippen molar-refractivity contribution in [2.45, 2.75) is 4.90 Å². The molecular weight excluding hydrogens is 238 g/mol. The predicted octanol–water partition coefficient (Wildman–Crippen LogP) is -0.882. The first-order valence-corrected chi connectivity index (χ1v) is 5.65. The molecule has 0 heterocycles. The van der Waals surface area contributed by atoms with Gasteiger partial charge in [0.25, 0.3) is 5.69 Å². The molecule has 0 amide bonds. The third kappa shape index (κ3) is 2.76. The van der Waals surface area contributed by atoms with Crippen LogP contribution in [-0.4, -0.2) is 25.1 Å². The minimum atomic E-state index is -3.99. The molecular formula is C8H6NO6S-. The monoisotopic (exact) mass is 244 g/mol. The number of carbonyl (C=O) groups excluding carboxylic acids is 1. The third-order valence-electron chi connectivity index (χ3n) is 1.71. The number of non-ortho nitro benzene ring substituents is 1. The highest BCUT2D eigenvalue weighted by atomic mass is 32.2. The molecule has 0 fully saturated rings. The molecule has 0 aliphatic heterocycles. The number of nitro groups is 1. The molecule has 86 valence electrons. The summed E-state index contributed by atoms with van der Waals surface area (Å²) in [5.41, 5.74) is -0.271. The van der Waals surface area contributed by atoms with Crippen molar-refractivity contribution in [2.75, 3.05) is 5.75 Å². The number of sulfone groups is 1. The van der Waals surface area contributed by atoms with E-state index >= 15 is 0 Å². The summed E-state index contributed by atoms with van der Waals surface area (Å²) < 4.78 is 22.7. The molecule has 0 spiro atoms. The van der Waals surface area contributed by atoms with E-state index in [0.29, 0.717) is 0 Å². The molecule has 0 N–H and O–H groups in total. The number of rotatable bonds is 4. The number of carboxylic acid groups (broad SMARTS) is 1. The van der Waals surface area contributed by atoms with Gasteiger partial charge in [-0.15, -0.1) is 0 Å². The van der Waals surface area contributed by atoms with Crippen LogP contribution in [0.1, 0.15) is 0 Å². The van der Waals surface area contributed by atoms with E-state index in [-0.39, 0.29) is 10.6 Å². The lowest BCUT2D eigenvalue weighted by atomic mass is 10.3. The van der Waals surface area contributed by atoms with Gasteiger partial charge < -0.3 is 9.90 Å². The van der Waals surface area contributed by atoms with Crippen LogP contribution in [0.5, 0.6) is 0 Å². The highest BCUT2D eigenvalue weighted by Gasteiger charge is 2.16. The summed E-state index contributed by atoms with van der Waals surface area (Å²) in [7, 11) is -3.99. The van der Waals surface area contributed by atoms with Gasteiger partial charge in [-0.2, -0.15) is 0 Å². The van der Waals surface area contributed by atoms with E-state index in [1.807, 2.05) is 0 Å². The summed E-state index contributed by atoms with van der Waals surface area (Å²) >= 11 is 0. The number of carbonyl (C=O) groups is 1. The fourth-order valence-electron chi connectivity index (χ4n) is 1.01. The van der Waals surface area contributed by atoms with Gasteiger partial charge in [-0.05, 0) is 12.1 Å². The predicted molar refractivity (Wildman–Crippen MR) is 50.2 cm³/mol. The zero-order chi connectivity index (χ0) is 12.3. The number of hydrogen-bond donors (Lipinski definition) is 0. The quantitative estimate of drug-likeness (QED) is 0.501. The van der Waals surface area contributed by atoms with E-state index in [4.69, 9.17) is 0 Å². The van der Waals surface area contributed by atoms with E-state index in [1.54, 1.807) is 0 Å². The fraction of sp³-hybridized carbons (Fsp3) is 0.125. The third-order valence-corrected chi connectivity index (χ3v) is 3.32. The molecule has 0 saturated heterocycles. The SMILES string of the molecule is O=C([O-])CS(=O)(=O)c1ccc([N+](=O)[O-])cc1. The number of hydrogen-bond acceptors (Lipinski definition) is 6. The Hall–Kier alpha value is -1.96. The van der Waals surface area contributed by atoms with Crippen molar-refractivity contribution < 1.29 is 23.2 Å². The summed E-state index contributed by atoms with van der Waals surface area (Å²) in [6.07, 6.45) is 0. The molecule has 7 nitrogen and oxygen atoms in total. The largest absolute Gasteiger partial charge is 0.549 e. The maximum absolute atomic E-state index is 11.3. The molecule has 0 bridgehead atoms. The first-order chi connectivity index (χ1) is 7.33. The second-order valence-corrected chi connectivity index (χ2v) is 4.87. The van der Waals surface area contributed by atoms with Crippen LogP contribution in [0.3, 0.4) is 0 Å². The van der Waals surface area contributed by atoms with Crippen molar-refractivity contribution in [3.63, 3.8) is 0 Å². The minimum absolute atomic E-state index is 0.271. The Morgan fingerprint density at radius 3 is 2.12 bits per heavy atom. The van der Waals surface area contributed by atoms with Gasteiger partial charge in [-0.25, -0.2) is 8.42 Å². The lowest BCUT2D eigenvalue weighted by molar-refractivity contribution is -0.384. The Morgan fingerprint density at radius 1 is 1.25 bits per heavy atom. The molecule has 0 aromatic heterocycles. The molecule has 1 aromatic rings. The van der Waals surface area contributed by atoms with Gasteiger partial charge in [0.05, 0.1) is 21.5 Å². The first-order valence-electron chi connectivity index (χ1n) is 4.00. The molecule has 0 aliphatic rings. The van der Waals surface area contributed by atoms with E-state index in [2.05, 4.69) is 0 Å². The molecule has 0 radical (unpaired) electrons. The first kappa shape index (κ1) is 12.1. The lowest BCUT2D eigenvalue weighted by Crippen LogP contribution is -2.30. The zero-order valence-electron chi connectivity index (χ0n) is 7.82. The average Bonchev–Trinajstić information content (AvgIpc) is 2.16. The Bertz CT molecular complexity index is 518. The van der Waals surface area contributed by atoms with Gasteiger partial charge in [0.1, 0.15) is 0 Å². The fourth-order valence-corrected chi connectivity index (χ4v) is 2.04. The number of nitro benzene ring substituents is 1. The summed E-state index contributed by atoms with van der Waals surface area (Å²) in [5.74, 6) is -2.87. The molecule has 0 aliphatic carbocycles. The standard InChI is InChI=1S/C8H7NO6S/c10-8(11)5-16(14,15)7-3-1-6(2-4-7)9(12)13/h1-4H,5H2,(H,10,11)/p-1. The summed E-state index contributed by atoms with van der Waals surface area (Å²) in [6, 6.07) is 3.94. The van der Waals surface area contributed by atoms with Crippen LogP contribution < -0.4 is 5.11 Å². The van der Waals surface area contributed by atoms with Crippen molar-refractivity contribution in [2.24, 2.45) is 0 Å². The van der Waals surface area contributed by atoms with Gasteiger partial charge >= 0.3 is 0 Å². The Balaban J connectivity index is 3.07. The summed E-state index contributed by atoms with van der Waals surface area (Å²) in [4.78, 5) is 19.5. The van der Waals surface area contributed by atoms with Crippen LogP contribution >= 0.6 is 0 Å². The zero-order valence-corrected chi connectivity index (χ0v) is 8.64. The lowest BCUT2D eigenvalue weighted by Gasteiger charge is -2.04. The maximum atomic E-state index is 11.3. The van der Waals surface area contributed by atoms with Crippen LogP contribution in [0, 0.1) is 10.1 Å². The van der Waals surface area contributed by atoms with E-state index < -0.39 is 26.5 Å². The Labute approximate surface area is 90.4 Å². The average molecular weight is 244 g/mol. The summed E-state index contributed by atoms with van der Waals surface area (Å²) in [6.45, 7) is 0. The van der Waals surface area contributed by atoms with Gasteiger partial charge in [-0.1, -0.05) is 0 Å². The van der Waals surface area contributed by atoms with E-state index in [0.717, 1.165) is 24.3 Å². The van der Waals surface area contributed by atoms with Crippen molar-refractivity contribution >= 4 is 21.5 Å². The van der Waals surface area contributed by atoms with Gasteiger partial charge in [0.2, 0.25) is 0 Å². The maximum Gasteiger partial charge on any atom is 0.269 e. The molecule has 16 heavy (non-hydrogen) atoms. The Kier molecular flexibility index (Phi) is 3.23. The number of benzene rings is 1. The van der Waals surface area contributed by atoms with Crippen LogP contribution in [0.15, 0.2) is 29.2 Å². The molecule has 1 aromatic carbocycles. The Morgan fingerprint density at radius 2 is 1.75 bits per heavy atom. The highest BCUT2D eigenvalue weighted by Crippen LogP contribution is 2.16. The molecule has 1 rings (SSSR count). The molecule has 0 atom stereocenters. The number of carboxylic acids is 1. The molecule has 0 saturated carbocycles. The number of nitrogens with zero attached hydrogens (tertiary/aromatic N) is 1. The van der Waals surface area contributed by atoms with Crippen LogP contribution in [-0.2, 0) is 14.6 Å². The van der Waals surface area contributed by atoms with Gasteiger partial charge in [0.15, 0.2) is 9.84 Å². The second-order valence-electron chi connectivity index (χ2n) is 2.88. The van der Waals surface area contributed by atoms with Crippen LogP contribution in [0.25, 0.3) is 0 Å². The van der Waals surface area contributed by atoms with Gasteiger partial charge in [-0.3, -0.25) is 10.1 Å². The topological polar surface area (TPSA) is 117 Å². The van der Waals surface area contributed by atoms with Crippen molar-refractivity contribution in [3.05, 3.63) is 34.4 Å². The normalized spacial score (nSPS) is 11.0. The minimum Gasteiger partial charge on any atom is -0.549 e.